The number of amides is 1. The Kier molecular flexibility index (Phi) is 4.73. The van der Waals surface area contributed by atoms with E-state index < -0.39 is 0 Å². The second-order valence-electron chi connectivity index (χ2n) is 6.12. The number of para-hydroxylation sites is 1. The molecule has 1 amide bonds. The molecule has 0 unspecified atom stereocenters. The van der Waals surface area contributed by atoms with E-state index >= 15 is 0 Å². The maximum absolute atomic E-state index is 12.6. The number of aryl methyl sites for hydroxylation is 2. The van der Waals surface area contributed by atoms with E-state index in [0.29, 0.717) is 12.3 Å². The minimum absolute atomic E-state index is 0.0931. The van der Waals surface area contributed by atoms with Gasteiger partial charge in [-0.25, -0.2) is 9.97 Å². The number of carbonyl (C=O) groups excluding carboxylic acids is 1. The number of fused-ring (bicyclic) bond motifs is 2. The summed E-state index contributed by atoms with van der Waals surface area (Å²) in [5, 5.41) is 0. The third-order valence-corrected chi connectivity index (χ3v) is 7.21. The van der Waals surface area contributed by atoms with Crippen LogP contribution in [0.15, 0.2) is 34.8 Å². The number of hydrogen-bond donors (Lipinski definition) is 0. The van der Waals surface area contributed by atoms with E-state index in [1.54, 1.807) is 27.6 Å². The Balaban J connectivity index is 1.43. The van der Waals surface area contributed by atoms with Gasteiger partial charge in [0.1, 0.15) is 0 Å². The minimum atomic E-state index is 0.0931. The molecule has 0 N–H and O–H groups in total. The number of carbonyl (C=O) groups is 1. The highest BCUT2D eigenvalue weighted by Crippen LogP contribution is 2.29. The average molecular weight is 403 g/mol. The average Bonchev–Trinajstić information content (AvgIpc) is 3.26. The fourth-order valence-corrected chi connectivity index (χ4v) is 5.66. The summed E-state index contributed by atoms with van der Waals surface area (Å²) in [5.41, 5.74) is 3.05. The summed E-state index contributed by atoms with van der Waals surface area (Å²) in [4.78, 5) is 25.7. The molecule has 4 aromatic rings. The Morgan fingerprint density at radius 1 is 1.23 bits per heavy atom. The smallest absolute Gasteiger partial charge is 0.233 e. The Hall–Kier alpha value is -1.90. The molecule has 8 heteroatoms. The molecule has 1 aromatic carbocycles. The van der Waals surface area contributed by atoms with Crippen LogP contribution in [0, 0.1) is 13.8 Å². The lowest BCUT2D eigenvalue weighted by Gasteiger charge is -2.16. The van der Waals surface area contributed by atoms with Crippen molar-refractivity contribution in [2.24, 2.45) is 0 Å². The van der Waals surface area contributed by atoms with Crippen molar-refractivity contribution in [3.05, 3.63) is 46.7 Å². The second-order valence-corrected chi connectivity index (χ2v) is 9.59. The van der Waals surface area contributed by atoms with Crippen LogP contribution in [-0.2, 0) is 11.3 Å². The SMILES string of the molecule is Cc1cn2c(CN(C)C(=O)CSc3nc4ccccc4s3)c(C)nc2s1. The van der Waals surface area contributed by atoms with Gasteiger partial charge in [0.15, 0.2) is 9.30 Å². The molecule has 134 valence electrons. The highest BCUT2D eigenvalue weighted by atomic mass is 32.2. The largest absolute Gasteiger partial charge is 0.339 e. The second kappa shape index (κ2) is 7.02. The van der Waals surface area contributed by atoms with Gasteiger partial charge in [-0.1, -0.05) is 23.9 Å². The third-order valence-electron chi connectivity index (χ3n) is 4.15. The maximum atomic E-state index is 12.6. The third kappa shape index (κ3) is 3.36. The zero-order valence-electron chi connectivity index (χ0n) is 14.7. The summed E-state index contributed by atoms with van der Waals surface area (Å²) in [7, 11) is 1.85. The Labute approximate surface area is 163 Å². The number of nitrogens with zero attached hydrogens (tertiary/aromatic N) is 4. The van der Waals surface area contributed by atoms with Crippen LogP contribution in [0.2, 0.25) is 0 Å². The maximum Gasteiger partial charge on any atom is 0.233 e. The molecule has 0 aliphatic heterocycles. The topological polar surface area (TPSA) is 50.5 Å². The molecule has 4 rings (SSSR count). The van der Waals surface area contributed by atoms with Crippen molar-refractivity contribution in [1.82, 2.24) is 19.3 Å². The molecule has 0 saturated heterocycles. The molecule has 0 spiro atoms. The van der Waals surface area contributed by atoms with Crippen molar-refractivity contribution in [2.45, 2.75) is 24.7 Å². The standard InChI is InChI=1S/C18H18N4OS3/c1-11-8-22-14(12(2)19-17(22)25-11)9-21(3)16(23)10-24-18-20-13-6-4-5-7-15(13)26-18/h4-8H,9-10H2,1-3H3. The molecule has 26 heavy (non-hydrogen) atoms. The van der Waals surface area contributed by atoms with Crippen LogP contribution >= 0.6 is 34.4 Å². The highest BCUT2D eigenvalue weighted by Gasteiger charge is 2.17. The van der Waals surface area contributed by atoms with E-state index in [9.17, 15) is 4.79 Å². The normalized spacial score (nSPS) is 11.5. The summed E-state index contributed by atoms with van der Waals surface area (Å²) in [6.07, 6.45) is 2.09. The molecular formula is C18H18N4OS3. The van der Waals surface area contributed by atoms with E-state index in [1.807, 2.05) is 32.2 Å². The summed E-state index contributed by atoms with van der Waals surface area (Å²) < 4.78 is 4.19. The lowest BCUT2D eigenvalue weighted by Crippen LogP contribution is -2.28. The monoisotopic (exact) mass is 402 g/mol. The van der Waals surface area contributed by atoms with Crippen molar-refractivity contribution in [3.8, 4) is 0 Å². The zero-order chi connectivity index (χ0) is 18.3. The van der Waals surface area contributed by atoms with Crippen molar-refractivity contribution >= 4 is 55.5 Å². The number of thioether (sulfide) groups is 1. The van der Waals surface area contributed by atoms with Crippen molar-refractivity contribution in [1.29, 1.82) is 0 Å². The van der Waals surface area contributed by atoms with Gasteiger partial charge >= 0.3 is 0 Å². The first-order valence-electron chi connectivity index (χ1n) is 8.17. The number of rotatable bonds is 5. The number of aromatic nitrogens is 3. The number of hydrogen-bond acceptors (Lipinski definition) is 6. The van der Waals surface area contributed by atoms with Crippen LogP contribution < -0.4 is 0 Å². The highest BCUT2D eigenvalue weighted by molar-refractivity contribution is 8.01. The first kappa shape index (κ1) is 17.5. The molecule has 0 atom stereocenters. The summed E-state index contributed by atoms with van der Waals surface area (Å²) >= 11 is 4.80. The number of thiazole rings is 2. The molecule has 3 aromatic heterocycles. The molecule has 0 bridgehead atoms. The van der Waals surface area contributed by atoms with Gasteiger partial charge < -0.3 is 4.90 Å². The molecule has 0 aliphatic carbocycles. The molecule has 0 aliphatic rings. The molecule has 0 fully saturated rings. The Morgan fingerprint density at radius 3 is 2.85 bits per heavy atom. The lowest BCUT2D eigenvalue weighted by molar-refractivity contribution is -0.127. The Morgan fingerprint density at radius 2 is 2.04 bits per heavy atom. The van der Waals surface area contributed by atoms with Crippen LogP contribution in [0.3, 0.4) is 0 Å². The van der Waals surface area contributed by atoms with Gasteiger partial charge in [-0.15, -0.1) is 22.7 Å². The van der Waals surface area contributed by atoms with Crippen LogP contribution in [0.4, 0.5) is 0 Å². The van der Waals surface area contributed by atoms with Gasteiger partial charge in [0.05, 0.1) is 33.9 Å². The van der Waals surface area contributed by atoms with Crippen LogP contribution in [0.5, 0.6) is 0 Å². The lowest BCUT2D eigenvalue weighted by atomic mass is 10.3. The van der Waals surface area contributed by atoms with Crippen molar-refractivity contribution in [3.63, 3.8) is 0 Å². The summed E-state index contributed by atoms with van der Waals surface area (Å²) in [6, 6.07) is 8.05. The van der Waals surface area contributed by atoms with Crippen LogP contribution in [0.25, 0.3) is 15.2 Å². The van der Waals surface area contributed by atoms with Gasteiger partial charge in [0.2, 0.25) is 5.91 Å². The fourth-order valence-electron chi connectivity index (χ4n) is 2.76. The quantitative estimate of drug-likeness (QED) is 0.465. The first-order valence-corrected chi connectivity index (χ1v) is 10.8. The number of imidazole rings is 1. The van der Waals surface area contributed by atoms with E-state index in [4.69, 9.17) is 0 Å². The molecule has 0 saturated carbocycles. The van der Waals surface area contributed by atoms with Crippen LogP contribution in [-0.4, -0.2) is 38.0 Å². The molecule has 0 radical (unpaired) electrons. The molecular weight excluding hydrogens is 384 g/mol. The van der Waals surface area contributed by atoms with Gasteiger partial charge in [-0.3, -0.25) is 9.20 Å². The van der Waals surface area contributed by atoms with E-state index in [-0.39, 0.29) is 5.91 Å². The Bertz CT molecular complexity index is 1060. The molecule has 3 heterocycles. The predicted molar refractivity (Wildman–Crippen MR) is 109 cm³/mol. The fraction of sp³-hybridized carbons (Fsp3) is 0.278. The van der Waals surface area contributed by atoms with E-state index in [1.165, 1.54) is 16.6 Å². The minimum Gasteiger partial charge on any atom is -0.339 e. The summed E-state index contributed by atoms with van der Waals surface area (Å²) in [5.74, 6) is 0.482. The first-order chi connectivity index (χ1) is 12.5. The van der Waals surface area contributed by atoms with Crippen LogP contribution in [0.1, 0.15) is 16.3 Å². The van der Waals surface area contributed by atoms with Crippen molar-refractivity contribution in [2.75, 3.05) is 12.8 Å². The summed E-state index contributed by atoms with van der Waals surface area (Å²) in [6.45, 7) is 4.63. The zero-order valence-corrected chi connectivity index (χ0v) is 17.2. The van der Waals surface area contributed by atoms with Gasteiger partial charge in [-0.05, 0) is 26.0 Å². The van der Waals surface area contributed by atoms with E-state index in [2.05, 4.69) is 33.6 Å². The van der Waals surface area contributed by atoms with E-state index in [0.717, 1.165) is 30.9 Å². The van der Waals surface area contributed by atoms with Crippen molar-refractivity contribution < 1.29 is 4.79 Å². The predicted octanol–water partition coefficient (Wildman–Crippen LogP) is 4.37. The van der Waals surface area contributed by atoms with Gasteiger partial charge in [0, 0.05) is 18.1 Å². The van der Waals surface area contributed by atoms with Gasteiger partial charge in [0.25, 0.3) is 0 Å². The molecule has 5 nitrogen and oxygen atoms in total. The van der Waals surface area contributed by atoms with Gasteiger partial charge in [-0.2, -0.15) is 0 Å². The number of benzene rings is 1.